The molecule has 0 atom stereocenters. The van der Waals surface area contributed by atoms with Gasteiger partial charge in [0.25, 0.3) is 5.89 Å². The van der Waals surface area contributed by atoms with Gasteiger partial charge in [-0.2, -0.15) is 4.98 Å². The van der Waals surface area contributed by atoms with Gasteiger partial charge in [-0.1, -0.05) is 24.1 Å². The Bertz CT molecular complexity index is 777. The monoisotopic (exact) mass is 397 g/mol. The van der Waals surface area contributed by atoms with Crippen LogP contribution in [0.4, 0.5) is 0 Å². The van der Waals surface area contributed by atoms with E-state index in [1.165, 1.54) is 51.6 Å². The van der Waals surface area contributed by atoms with Crippen LogP contribution in [0, 0.1) is 0 Å². The van der Waals surface area contributed by atoms with Crippen molar-refractivity contribution < 1.29 is 4.52 Å². The predicted octanol–water partition coefficient (Wildman–Crippen LogP) is 2.25. The van der Waals surface area contributed by atoms with Crippen LogP contribution in [0.3, 0.4) is 0 Å². The first-order chi connectivity index (χ1) is 14.3. The van der Waals surface area contributed by atoms with Gasteiger partial charge in [-0.25, -0.2) is 0 Å². The van der Waals surface area contributed by atoms with Gasteiger partial charge in [0.2, 0.25) is 0 Å². The molecular weight excluding hydrogens is 366 g/mol. The van der Waals surface area contributed by atoms with E-state index in [1.54, 1.807) is 6.20 Å². The number of hydrogen-bond donors (Lipinski definition) is 2. The summed E-state index contributed by atoms with van der Waals surface area (Å²) in [5.74, 6) is 1.97. The van der Waals surface area contributed by atoms with Gasteiger partial charge in [0.05, 0.1) is 0 Å². The fraction of sp³-hybridized carbons (Fsp3) is 0.619. The Balaban J connectivity index is 1.19. The number of hydrogen-bond acceptors (Lipinski definition) is 6. The van der Waals surface area contributed by atoms with Crippen LogP contribution in [-0.4, -0.2) is 64.7 Å². The highest BCUT2D eigenvalue weighted by molar-refractivity contribution is 5.79. The summed E-state index contributed by atoms with van der Waals surface area (Å²) in [5.41, 5.74) is 0.695. The average molecular weight is 398 g/mol. The van der Waals surface area contributed by atoms with Gasteiger partial charge in [-0.05, 0) is 37.8 Å². The molecule has 156 valence electrons. The second-order valence-electron chi connectivity index (χ2n) is 7.87. The largest absolute Gasteiger partial charge is 0.356 e. The van der Waals surface area contributed by atoms with Crippen LogP contribution in [0.15, 0.2) is 33.9 Å². The lowest BCUT2D eigenvalue weighted by molar-refractivity contribution is 0.150. The van der Waals surface area contributed by atoms with Crippen molar-refractivity contribution in [2.24, 2.45) is 4.99 Å². The topological polar surface area (TPSA) is 91.5 Å². The zero-order chi connectivity index (χ0) is 19.9. The lowest BCUT2D eigenvalue weighted by Crippen LogP contribution is -2.50. The van der Waals surface area contributed by atoms with Gasteiger partial charge in [0, 0.05) is 51.4 Å². The van der Waals surface area contributed by atoms with Gasteiger partial charge in [0.1, 0.15) is 5.69 Å². The van der Waals surface area contributed by atoms with E-state index in [-0.39, 0.29) is 0 Å². The Kier molecular flexibility index (Phi) is 6.71. The minimum atomic E-state index is 0.456. The quantitative estimate of drug-likeness (QED) is 0.570. The number of aromatic nitrogens is 3. The molecule has 1 saturated heterocycles. The molecule has 1 aliphatic carbocycles. The molecule has 2 aromatic heterocycles. The van der Waals surface area contributed by atoms with Crippen LogP contribution in [0.25, 0.3) is 11.6 Å². The molecule has 2 N–H and O–H groups in total. The Morgan fingerprint density at radius 1 is 1.21 bits per heavy atom. The molecule has 0 amide bonds. The molecule has 0 unspecified atom stereocenters. The summed E-state index contributed by atoms with van der Waals surface area (Å²) in [4.78, 5) is 15.7. The average Bonchev–Trinajstić information content (AvgIpc) is 3.47. The molecule has 1 saturated carbocycles. The van der Waals surface area contributed by atoms with E-state index < -0.39 is 0 Å². The van der Waals surface area contributed by atoms with Crippen LogP contribution >= 0.6 is 0 Å². The van der Waals surface area contributed by atoms with E-state index in [4.69, 9.17) is 4.52 Å². The standard InChI is InChI=1S/C21H31N7O/c1-22-21(25-16-10-14-28(15-11-16)17-6-2-3-7-17)24-13-9-19-26-20(29-27-19)18-8-4-5-12-23-18/h4-5,8,12,16-17H,2-3,6-7,9-11,13-15H2,1H3,(H2,22,24,25). The lowest BCUT2D eigenvalue weighted by atomic mass is 10.0. The SMILES string of the molecule is CN=C(NCCc1noc(-c2ccccn2)n1)NC1CCN(C2CCCC2)CC1. The van der Waals surface area contributed by atoms with Crippen LogP contribution in [0.1, 0.15) is 44.3 Å². The Labute approximate surface area is 172 Å². The van der Waals surface area contributed by atoms with Crippen molar-refractivity contribution in [3.63, 3.8) is 0 Å². The second kappa shape index (κ2) is 9.82. The van der Waals surface area contributed by atoms with Gasteiger partial charge in [-0.15, -0.1) is 0 Å². The smallest absolute Gasteiger partial charge is 0.276 e. The van der Waals surface area contributed by atoms with Crippen LogP contribution < -0.4 is 10.6 Å². The van der Waals surface area contributed by atoms with Crippen molar-refractivity contribution in [3.05, 3.63) is 30.2 Å². The van der Waals surface area contributed by atoms with E-state index >= 15 is 0 Å². The summed E-state index contributed by atoms with van der Waals surface area (Å²) >= 11 is 0. The molecule has 2 aromatic rings. The summed E-state index contributed by atoms with van der Waals surface area (Å²) in [7, 11) is 1.82. The Hall–Kier alpha value is -2.48. The number of aliphatic imine (C=N–C) groups is 1. The molecule has 8 heteroatoms. The first kappa shape index (κ1) is 19.8. The van der Waals surface area contributed by atoms with Gasteiger partial charge in [0.15, 0.2) is 11.8 Å². The molecule has 29 heavy (non-hydrogen) atoms. The van der Waals surface area contributed by atoms with Crippen molar-refractivity contribution in [2.45, 2.75) is 57.0 Å². The van der Waals surface area contributed by atoms with E-state index in [0.29, 0.717) is 36.4 Å². The molecular formula is C21H31N7O. The third-order valence-electron chi connectivity index (χ3n) is 5.93. The summed E-state index contributed by atoms with van der Waals surface area (Å²) in [6.45, 7) is 3.08. The van der Waals surface area contributed by atoms with Crippen molar-refractivity contribution in [2.75, 3.05) is 26.7 Å². The highest BCUT2D eigenvalue weighted by Crippen LogP contribution is 2.26. The van der Waals surface area contributed by atoms with E-state index in [0.717, 1.165) is 12.0 Å². The van der Waals surface area contributed by atoms with Crippen LogP contribution in [0.2, 0.25) is 0 Å². The number of rotatable bonds is 6. The van der Waals surface area contributed by atoms with Crippen molar-refractivity contribution in [1.29, 1.82) is 0 Å². The van der Waals surface area contributed by atoms with E-state index in [2.05, 4.69) is 35.7 Å². The maximum absolute atomic E-state index is 5.31. The van der Waals surface area contributed by atoms with Crippen molar-refractivity contribution in [1.82, 2.24) is 30.7 Å². The molecule has 0 aromatic carbocycles. The summed E-state index contributed by atoms with van der Waals surface area (Å²) in [6.07, 6.45) is 10.3. The van der Waals surface area contributed by atoms with Crippen LogP contribution in [0.5, 0.6) is 0 Å². The molecule has 3 heterocycles. The third kappa shape index (κ3) is 5.32. The minimum absolute atomic E-state index is 0.456. The highest BCUT2D eigenvalue weighted by atomic mass is 16.5. The lowest BCUT2D eigenvalue weighted by Gasteiger charge is -2.36. The maximum Gasteiger partial charge on any atom is 0.276 e. The van der Waals surface area contributed by atoms with E-state index in [1.807, 2.05) is 25.2 Å². The van der Waals surface area contributed by atoms with Gasteiger partial charge < -0.3 is 20.1 Å². The first-order valence-corrected chi connectivity index (χ1v) is 10.8. The number of likely N-dealkylation sites (tertiary alicyclic amines) is 1. The number of piperidine rings is 1. The van der Waals surface area contributed by atoms with Gasteiger partial charge >= 0.3 is 0 Å². The van der Waals surface area contributed by atoms with Crippen molar-refractivity contribution >= 4 is 5.96 Å². The Morgan fingerprint density at radius 3 is 2.76 bits per heavy atom. The molecule has 0 radical (unpaired) electrons. The fourth-order valence-corrected chi connectivity index (χ4v) is 4.31. The number of pyridine rings is 1. The fourth-order valence-electron chi connectivity index (χ4n) is 4.31. The summed E-state index contributed by atoms with van der Waals surface area (Å²) in [5, 5.41) is 11.0. The summed E-state index contributed by atoms with van der Waals surface area (Å²) < 4.78 is 5.31. The van der Waals surface area contributed by atoms with Gasteiger partial charge in [-0.3, -0.25) is 9.98 Å². The molecule has 4 rings (SSSR count). The number of guanidine groups is 1. The molecule has 8 nitrogen and oxygen atoms in total. The second-order valence-corrected chi connectivity index (χ2v) is 7.87. The summed E-state index contributed by atoms with van der Waals surface area (Å²) in [6, 6.07) is 6.95. The zero-order valence-electron chi connectivity index (χ0n) is 17.2. The maximum atomic E-state index is 5.31. The minimum Gasteiger partial charge on any atom is -0.356 e. The predicted molar refractivity (Wildman–Crippen MR) is 113 cm³/mol. The van der Waals surface area contributed by atoms with Crippen LogP contribution in [-0.2, 0) is 6.42 Å². The number of nitrogens with one attached hydrogen (secondary N) is 2. The third-order valence-corrected chi connectivity index (χ3v) is 5.93. The number of nitrogens with zero attached hydrogens (tertiary/aromatic N) is 5. The first-order valence-electron chi connectivity index (χ1n) is 10.8. The Morgan fingerprint density at radius 2 is 2.03 bits per heavy atom. The van der Waals surface area contributed by atoms with E-state index in [9.17, 15) is 0 Å². The molecule has 0 bridgehead atoms. The molecule has 0 spiro atoms. The zero-order valence-corrected chi connectivity index (χ0v) is 17.2. The normalized spacial score (nSPS) is 19.6. The molecule has 2 fully saturated rings. The highest BCUT2D eigenvalue weighted by Gasteiger charge is 2.27. The molecule has 1 aliphatic heterocycles. The van der Waals surface area contributed by atoms with Crippen molar-refractivity contribution in [3.8, 4) is 11.6 Å². The molecule has 2 aliphatic rings.